The molecule has 0 aromatic heterocycles. The summed E-state index contributed by atoms with van der Waals surface area (Å²) in [4.78, 5) is 0. The molecule has 7 nitrogen and oxygen atoms in total. The van der Waals surface area contributed by atoms with Crippen LogP contribution < -0.4 is 0 Å². The quantitative estimate of drug-likeness (QED) is 0.481. The van der Waals surface area contributed by atoms with Crippen LogP contribution in [-0.4, -0.2) is 74.5 Å². The lowest BCUT2D eigenvalue weighted by Crippen LogP contribution is -2.58. The molecule has 0 spiro atoms. The zero-order valence-electron chi connectivity index (χ0n) is 11.5. The molecule has 2 saturated heterocycles. The van der Waals surface area contributed by atoms with Crippen molar-refractivity contribution in [2.24, 2.45) is 0 Å². The van der Waals surface area contributed by atoms with E-state index < -0.39 is 54.1 Å². The van der Waals surface area contributed by atoms with Crippen LogP contribution in [0.5, 0.6) is 0 Å². The summed E-state index contributed by atoms with van der Waals surface area (Å²) in [6.07, 6.45) is -7.40. The van der Waals surface area contributed by atoms with Crippen LogP contribution in [-0.2, 0) is 14.2 Å². The van der Waals surface area contributed by atoms with Gasteiger partial charge in [0.05, 0.1) is 17.6 Å². The molecule has 2 rings (SSSR count). The summed E-state index contributed by atoms with van der Waals surface area (Å²) < 4.78 is 16.3. The van der Waals surface area contributed by atoms with Crippen LogP contribution >= 0.6 is 11.6 Å². The van der Waals surface area contributed by atoms with Gasteiger partial charge in [-0.2, -0.15) is 0 Å². The van der Waals surface area contributed by atoms with E-state index >= 15 is 0 Å². The molecule has 8 heteroatoms. The molecular formula is C12H21ClO7. The largest absolute Gasteiger partial charge is 0.389 e. The Morgan fingerprint density at radius 3 is 2.10 bits per heavy atom. The molecule has 2 aliphatic heterocycles. The lowest BCUT2D eigenvalue weighted by atomic mass is 10.0. The fraction of sp³-hybridized carbons (Fsp3) is 1.00. The van der Waals surface area contributed by atoms with Gasteiger partial charge in [-0.25, -0.2) is 0 Å². The van der Waals surface area contributed by atoms with E-state index in [2.05, 4.69) is 0 Å². The molecular weight excluding hydrogens is 292 g/mol. The van der Waals surface area contributed by atoms with Crippen molar-refractivity contribution in [3.8, 4) is 0 Å². The minimum absolute atomic E-state index is 0.551. The Balaban J connectivity index is 2.09. The van der Waals surface area contributed by atoms with Crippen LogP contribution in [0.15, 0.2) is 0 Å². The molecule has 0 aromatic rings. The minimum Gasteiger partial charge on any atom is -0.389 e. The monoisotopic (exact) mass is 312 g/mol. The number of halogens is 1. The van der Waals surface area contributed by atoms with E-state index in [4.69, 9.17) is 25.8 Å². The second kappa shape index (κ2) is 5.66. The average Bonchev–Trinajstić information content (AvgIpc) is 2.57. The molecule has 20 heavy (non-hydrogen) atoms. The highest BCUT2D eigenvalue weighted by molar-refractivity contribution is 6.21. The van der Waals surface area contributed by atoms with Crippen LogP contribution in [0, 0.1) is 0 Å². The van der Waals surface area contributed by atoms with Gasteiger partial charge >= 0.3 is 0 Å². The van der Waals surface area contributed by atoms with Gasteiger partial charge in [-0.1, -0.05) is 0 Å². The zero-order valence-corrected chi connectivity index (χ0v) is 12.3. The molecule has 0 radical (unpaired) electrons. The number of aliphatic hydroxyl groups is 4. The summed E-state index contributed by atoms with van der Waals surface area (Å²) in [6.45, 7) is 4.66. The van der Waals surface area contributed by atoms with Crippen molar-refractivity contribution in [1.82, 2.24) is 0 Å². The molecule has 2 aliphatic rings. The first-order valence-electron chi connectivity index (χ1n) is 6.55. The van der Waals surface area contributed by atoms with Gasteiger partial charge < -0.3 is 34.6 Å². The number of rotatable bonds is 2. The van der Waals surface area contributed by atoms with E-state index in [1.54, 1.807) is 13.8 Å². The van der Waals surface area contributed by atoms with E-state index in [0.717, 1.165) is 0 Å². The third kappa shape index (κ3) is 2.69. The average molecular weight is 313 g/mol. The first-order chi connectivity index (χ1) is 9.17. The molecule has 0 amide bonds. The maximum Gasteiger partial charge on any atom is 0.197 e. The topological polar surface area (TPSA) is 109 Å². The standard InChI is InChI=1S/C12H21ClO7/c1-4-6(13)8(15)9(16)11(18-4)20-12(3)10(17)7(14)5(2)19-12/h4-11,14-17H,1-3H3/t4?,5-,6+,7?,8?,9?,10-,11-,12-/m1/s1. The minimum atomic E-state index is -1.54. The fourth-order valence-corrected chi connectivity index (χ4v) is 2.70. The van der Waals surface area contributed by atoms with Crippen molar-refractivity contribution >= 4 is 11.6 Å². The highest BCUT2D eigenvalue weighted by atomic mass is 35.5. The van der Waals surface area contributed by atoms with Gasteiger partial charge in [0.2, 0.25) is 0 Å². The van der Waals surface area contributed by atoms with Crippen molar-refractivity contribution in [1.29, 1.82) is 0 Å². The molecule has 2 heterocycles. The molecule has 0 aliphatic carbocycles. The Kier molecular flexibility index (Phi) is 4.63. The van der Waals surface area contributed by atoms with Crippen LogP contribution in [0.3, 0.4) is 0 Å². The molecule has 0 saturated carbocycles. The zero-order chi connectivity index (χ0) is 15.2. The van der Waals surface area contributed by atoms with E-state index in [-0.39, 0.29) is 0 Å². The summed E-state index contributed by atoms with van der Waals surface area (Å²) in [5, 5.41) is 38.7. The second-order valence-corrected chi connectivity index (χ2v) is 6.03. The van der Waals surface area contributed by atoms with E-state index in [1.165, 1.54) is 6.92 Å². The number of hydrogen-bond acceptors (Lipinski definition) is 7. The Morgan fingerprint density at radius 1 is 1.00 bits per heavy atom. The Hall–Kier alpha value is 0.01000. The summed E-state index contributed by atoms with van der Waals surface area (Å²) in [5.74, 6) is -1.54. The highest BCUT2D eigenvalue weighted by Gasteiger charge is 2.54. The smallest absolute Gasteiger partial charge is 0.197 e. The predicted octanol–water partition coefficient (Wildman–Crippen LogP) is -1.07. The van der Waals surface area contributed by atoms with Crippen LogP contribution in [0.25, 0.3) is 0 Å². The third-order valence-corrected chi connectivity index (χ3v) is 4.48. The Bertz CT molecular complexity index is 357. The van der Waals surface area contributed by atoms with Gasteiger partial charge in [0.1, 0.15) is 24.4 Å². The van der Waals surface area contributed by atoms with Gasteiger partial charge in [-0.3, -0.25) is 0 Å². The first kappa shape index (κ1) is 16.4. The lowest BCUT2D eigenvalue weighted by Gasteiger charge is -2.42. The Morgan fingerprint density at radius 2 is 1.60 bits per heavy atom. The molecule has 0 bridgehead atoms. The number of alkyl halides is 1. The predicted molar refractivity (Wildman–Crippen MR) is 68.0 cm³/mol. The van der Waals surface area contributed by atoms with Gasteiger partial charge in [0.15, 0.2) is 12.1 Å². The summed E-state index contributed by atoms with van der Waals surface area (Å²) in [6, 6.07) is 0. The van der Waals surface area contributed by atoms with E-state index in [9.17, 15) is 20.4 Å². The Labute approximate surface area is 122 Å². The lowest BCUT2D eigenvalue weighted by molar-refractivity contribution is -0.356. The summed E-state index contributed by atoms with van der Waals surface area (Å²) in [5.41, 5.74) is 0. The van der Waals surface area contributed by atoms with Gasteiger partial charge in [-0.05, 0) is 20.8 Å². The molecule has 4 N–H and O–H groups in total. The van der Waals surface area contributed by atoms with Crippen molar-refractivity contribution < 1.29 is 34.6 Å². The van der Waals surface area contributed by atoms with E-state index in [0.29, 0.717) is 0 Å². The van der Waals surface area contributed by atoms with Crippen LogP contribution in [0.4, 0.5) is 0 Å². The first-order valence-corrected chi connectivity index (χ1v) is 6.98. The summed E-state index contributed by atoms with van der Waals surface area (Å²) in [7, 11) is 0. The van der Waals surface area contributed by atoms with E-state index in [1.807, 2.05) is 0 Å². The van der Waals surface area contributed by atoms with Gasteiger partial charge in [0, 0.05) is 0 Å². The molecule has 2 fully saturated rings. The van der Waals surface area contributed by atoms with Gasteiger partial charge in [0.25, 0.3) is 0 Å². The van der Waals surface area contributed by atoms with Crippen molar-refractivity contribution in [3.63, 3.8) is 0 Å². The second-order valence-electron chi connectivity index (χ2n) is 5.53. The summed E-state index contributed by atoms with van der Waals surface area (Å²) >= 11 is 5.89. The molecule has 9 atom stereocenters. The van der Waals surface area contributed by atoms with Crippen molar-refractivity contribution in [2.45, 2.75) is 74.8 Å². The number of hydrogen-bond donors (Lipinski definition) is 4. The number of aliphatic hydroxyl groups excluding tert-OH is 4. The molecule has 4 unspecified atom stereocenters. The van der Waals surface area contributed by atoms with Crippen molar-refractivity contribution in [2.75, 3.05) is 0 Å². The maximum absolute atomic E-state index is 9.96. The third-order valence-electron chi connectivity index (χ3n) is 3.86. The molecule has 0 aromatic carbocycles. The van der Waals surface area contributed by atoms with Crippen molar-refractivity contribution in [3.05, 3.63) is 0 Å². The normalized spacial score (nSPS) is 57.0. The highest BCUT2D eigenvalue weighted by Crippen LogP contribution is 2.36. The van der Waals surface area contributed by atoms with Crippen LogP contribution in [0.1, 0.15) is 20.8 Å². The van der Waals surface area contributed by atoms with Crippen LogP contribution in [0.2, 0.25) is 0 Å². The van der Waals surface area contributed by atoms with Gasteiger partial charge in [-0.15, -0.1) is 11.6 Å². The SMILES string of the molecule is CC1O[C@H](O[C@@]2(C)O[C@H](C)C(O)[C@H]2O)C(O)C(O)[C@H]1Cl. The molecule has 118 valence electrons. The number of ether oxygens (including phenoxy) is 3. The maximum atomic E-state index is 9.96. The fourth-order valence-electron chi connectivity index (χ4n) is 2.50.